The summed E-state index contributed by atoms with van der Waals surface area (Å²) in [5.74, 6) is 0.822. The first-order valence-electron chi connectivity index (χ1n) is 13.1. The number of ether oxygens (including phenoxy) is 1. The standard InChI is InChI=1S/C33H40N2O2/c1-26-11-8-9-15-32(26)37-25-31(36)24-34(21-27-12-6-5-7-13-27)23-30-14-10-20-35(30)22-28-16-18-29(19-17-28)33(2,3)4/h5-20,31,36H,21-25H2,1-4H3/t31-/m1/s1. The van der Waals surface area contributed by atoms with E-state index >= 15 is 0 Å². The molecule has 4 heteroatoms. The largest absolute Gasteiger partial charge is 0.491 e. The van der Waals surface area contributed by atoms with Crippen LogP contribution in [0.5, 0.6) is 5.75 Å². The Morgan fingerprint density at radius 3 is 2.22 bits per heavy atom. The Bertz CT molecular complexity index is 1240. The van der Waals surface area contributed by atoms with Crippen LogP contribution in [0.1, 0.15) is 48.7 Å². The van der Waals surface area contributed by atoms with Gasteiger partial charge in [0.25, 0.3) is 0 Å². The molecule has 0 saturated carbocycles. The van der Waals surface area contributed by atoms with Gasteiger partial charge in [-0.15, -0.1) is 0 Å². The molecule has 0 radical (unpaired) electrons. The van der Waals surface area contributed by atoms with E-state index in [0.717, 1.165) is 30.9 Å². The molecular weight excluding hydrogens is 456 g/mol. The van der Waals surface area contributed by atoms with Crippen LogP contribution in [-0.2, 0) is 25.0 Å². The highest BCUT2D eigenvalue weighted by molar-refractivity contribution is 5.32. The maximum absolute atomic E-state index is 10.9. The average Bonchev–Trinajstić information content (AvgIpc) is 3.30. The van der Waals surface area contributed by atoms with Crippen molar-refractivity contribution in [3.05, 3.63) is 125 Å². The number of aryl methyl sites for hydroxylation is 1. The van der Waals surface area contributed by atoms with Crippen LogP contribution in [0.15, 0.2) is 97.2 Å². The number of hydrogen-bond donors (Lipinski definition) is 1. The van der Waals surface area contributed by atoms with Crippen LogP contribution in [0.25, 0.3) is 0 Å². The third-order valence-electron chi connectivity index (χ3n) is 6.72. The summed E-state index contributed by atoms with van der Waals surface area (Å²) in [5, 5.41) is 10.9. The maximum atomic E-state index is 10.9. The second-order valence-electron chi connectivity index (χ2n) is 11.0. The monoisotopic (exact) mass is 496 g/mol. The lowest BCUT2D eigenvalue weighted by atomic mass is 9.87. The van der Waals surface area contributed by atoms with Crippen LogP contribution in [0.3, 0.4) is 0 Å². The summed E-state index contributed by atoms with van der Waals surface area (Å²) < 4.78 is 8.25. The minimum atomic E-state index is -0.600. The van der Waals surface area contributed by atoms with Crippen molar-refractivity contribution in [2.45, 2.75) is 58.8 Å². The molecule has 4 aromatic rings. The van der Waals surface area contributed by atoms with Gasteiger partial charge in [0.1, 0.15) is 18.5 Å². The van der Waals surface area contributed by atoms with Gasteiger partial charge < -0.3 is 14.4 Å². The third kappa shape index (κ3) is 7.82. The van der Waals surface area contributed by atoms with Crippen LogP contribution in [0.4, 0.5) is 0 Å². The molecule has 1 N–H and O–H groups in total. The summed E-state index contributed by atoms with van der Waals surface area (Å²) in [6, 6.07) is 31.6. The fraction of sp³-hybridized carbons (Fsp3) is 0.333. The zero-order chi connectivity index (χ0) is 26.3. The minimum absolute atomic E-state index is 0.152. The smallest absolute Gasteiger partial charge is 0.122 e. The van der Waals surface area contributed by atoms with Gasteiger partial charge in [-0.3, -0.25) is 4.90 Å². The van der Waals surface area contributed by atoms with Crippen molar-refractivity contribution in [3.8, 4) is 5.75 Å². The molecule has 0 saturated heterocycles. The summed E-state index contributed by atoms with van der Waals surface area (Å²) in [4.78, 5) is 2.30. The molecule has 0 amide bonds. The van der Waals surface area contributed by atoms with Crippen molar-refractivity contribution in [1.29, 1.82) is 0 Å². The Hall–Kier alpha value is -3.34. The van der Waals surface area contributed by atoms with E-state index in [1.54, 1.807) is 0 Å². The highest BCUT2D eigenvalue weighted by atomic mass is 16.5. The van der Waals surface area contributed by atoms with Crippen LogP contribution < -0.4 is 4.74 Å². The SMILES string of the molecule is Cc1ccccc1OC[C@H](O)CN(Cc1ccccc1)Cc1cccn1Cc1ccc(C(C)(C)C)cc1. The quantitative estimate of drug-likeness (QED) is 0.255. The zero-order valence-electron chi connectivity index (χ0n) is 22.6. The molecule has 1 aromatic heterocycles. The van der Waals surface area contributed by atoms with E-state index in [-0.39, 0.29) is 12.0 Å². The van der Waals surface area contributed by atoms with Gasteiger partial charge in [-0.1, -0.05) is 93.6 Å². The minimum Gasteiger partial charge on any atom is -0.491 e. The highest BCUT2D eigenvalue weighted by Crippen LogP contribution is 2.23. The van der Waals surface area contributed by atoms with E-state index in [9.17, 15) is 5.11 Å². The first-order chi connectivity index (χ1) is 17.8. The molecule has 0 aliphatic heterocycles. The summed E-state index contributed by atoms with van der Waals surface area (Å²) in [6.07, 6.45) is 1.54. The summed E-state index contributed by atoms with van der Waals surface area (Å²) >= 11 is 0. The Morgan fingerprint density at radius 2 is 1.51 bits per heavy atom. The Kier molecular flexibility index (Phi) is 8.86. The second-order valence-corrected chi connectivity index (χ2v) is 11.0. The topological polar surface area (TPSA) is 37.6 Å². The van der Waals surface area contributed by atoms with Crippen LogP contribution in [0, 0.1) is 6.92 Å². The zero-order valence-corrected chi connectivity index (χ0v) is 22.6. The summed E-state index contributed by atoms with van der Waals surface area (Å²) in [7, 11) is 0. The number of aliphatic hydroxyl groups excluding tert-OH is 1. The first kappa shape index (κ1) is 26.7. The van der Waals surface area contributed by atoms with Crippen LogP contribution in [-0.4, -0.2) is 33.8 Å². The second kappa shape index (κ2) is 12.3. The molecule has 0 aliphatic rings. The molecule has 0 aliphatic carbocycles. The molecule has 0 fully saturated rings. The molecule has 0 unspecified atom stereocenters. The molecule has 1 atom stereocenters. The van der Waals surface area contributed by atoms with E-state index < -0.39 is 6.10 Å². The lowest BCUT2D eigenvalue weighted by Gasteiger charge is -2.26. The van der Waals surface area contributed by atoms with Crippen molar-refractivity contribution in [1.82, 2.24) is 9.47 Å². The van der Waals surface area contributed by atoms with Gasteiger partial charge in [0.05, 0.1) is 0 Å². The van der Waals surface area contributed by atoms with Crippen molar-refractivity contribution >= 4 is 0 Å². The molecular formula is C33H40N2O2. The van der Waals surface area contributed by atoms with Gasteiger partial charge in [0.2, 0.25) is 0 Å². The Morgan fingerprint density at radius 1 is 0.811 bits per heavy atom. The van der Waals surface area contributed by atoms with Crippen molar-refractivity contribution in [2.24, 2.45) is 0 Å². The Labute approximate surface area is 222 Å². The van der Waals surface area contributed by atoms with Crippen molar-refractivity contribution < 1.29 is 9.84 Å². The number of benzene rings is 3. The molecule has 0 spiro atoms. The summed E-state index contributed by atoms with van der Waals surface area (Å²) in [6.45, 7) is 11.9. The summed E-state index contributed by atoms with van der Waals surface area (Å²) in [5.41, 5.74) is 6.31. The highest BCUT2D eigenvalue weighted by Gasteiger charge is 2.17. The number of para-hydroxylation sites is 1. The fourth-order valence-corrected chi connectivity index (χ4v) is 4.56. The average molecular weight is 497 g/mol. The number of aromatic nitrogens is 1. The third-order valence-corrected chi connectivity index (χ3v) is 6.72. The van der Waals surface area contributed by atoms with E-state index in [0.29, 0.717) is 6.54 Å². The first-order valence-corrected chi connectivity index (χ1v) is 13.1. The number of hydrogen-bond acceptors (Lipinski definition) is 3. The molecule has 4 rings (SSSR count). The number of rotatable bonds is 11. The van der Waals surface area contributed by atoms with Gasteiger partial charge >= 0.3 is 0 Å². The van der Waals surface area contributed by atoms with Gasteiger partial charge in [-0.05, 0) is 52.8 Å². The lowest BCUT2D eigenvalue weighted by Crippen LogP contribution is -2.35. The lowest BCUT2D eigenvalue weighted by molar-refractivity contribution is 0.0618. The number of nitrogens with zero attached hydrogens (tertiary/aromatic N) is 2. The van der Waals surface area contributed by atoms with E-state index in [2.05, 4.69) is 97.1 Å². The molecule has 0 bridgehead atoms. The van der Waals surface area contributed by atoms with Crippen LogP contribution in [0.2, 0.25) is 0 Å². The van der Waals surface area contributed by atoms with Gasteiger partial charge in [-0.25, -0.2) is 0 Å². The number of aliphatic hydroxyl groups is 1. The molecule has 37 heavy (non-hydrogen) atoms. The molecule has 194 valence electrons. The van der Waals surface area contributed by atoms with Gasteiger partial charge in [0, 0.05) is 38.1 Å². The van der Waals surface area contributed by atoms with E-state index in [4.69, 9.17) is 4.74 Å². The van der Waals surface area contributed by atoms with Crippen LogP contribution >= 0.6 is 0 Å². The van der Waals surface area contributed by atoms with E-state index in [1.165, 1.54) is 22.4 Å². The van der Waals surface area contributed by atoms with Gasteiger partial charge in [0.15, 0.2) is 0 Å². The Balaban J connectivity index is 1.44. The van der Waals surface area contributed by atoms with E-state index in [1.807, 2.05) is 37.3 Å². The fourth-order valence-electron chi connectivity index (χ4n) is 4.56. The predicted molar refractivity (Wildman–Crippen MR) is 152 cm³/mol. The normalized spacial score (nSPS) is 12.6. The molecule has 1 heterocycles. The molecule has 3 aromatic carbocycles. The van der Waals surface area contributed by atoms with Crippen molar-refractivity contribution in [2.75, 3.05) is 13.2 Å². The van der Waals surface area contributed by atoms with Crippen molar-refractivity contribution in [3.63, 3.8) is 0 Å². The maximum Gasteiger partial charge on any atom is 0.122 e. The van der Waals surface area contributed by atoms with Gasteiger partial charge in [-0.2, -0.15) is 0 Å². The molecule has 4 nitrogen and oxygen atoms in total. The predicted octanol–water partition coefficient (Wildman–Crippen LogP) is 6.58.